The molecule has 1 saturated heterocycles. The van der Waals surface area contributed by atoms with E-state index in [2.05, 4.69) is 46.8 Å². The molecule has 0 aromatic heterocycles. The van der Waals surface area contributed by atoms with Crippen LogP contribution in [-0.2, 0) is 9.84 Å². The van der Waals surface area contributed by atoms with Crippen LogP contribution in [0.3, 0.4) is 0 Å². The van der Waals surface area contributed by atoms with Crippen molar-refractivity contribution >= 4 is 34.2 Å². The number of nitrogens with zero attached hydrogens (tertiary/aromatic N) is 2. The van der Waals surface area contributed by atoms with E-state index in [4.69, 9.17) is 4.74 Å². The van der Waals surface area contributed by atoms with Gasteiger partial charge in [-0.15, -0.1) is 0 Å². The number of aromatic hydroxyl groups is 1. The molecule has 0 saturated carbocycles. The summed E-state index contributed by atoms with van der Waals surface area (Å²) in [6, 6.07) is 8.95. The van der Waals surface area contributed by atoms with E-state index in [1.165, 1.54) is 18.2 Å². The summed E-state index contributed by atoms with van der Waals surface area (Å²) in [5.41, 5.74) is 1.93. The van der Waals surface area contributed by atoms with Gasteiger partial charge in [-0.1, -0.05) is 41.6 Å². The van der Waals surface area contributed by atoms with Gasteiger partial charge in [0.1, 0.15) is 6.10 Å². The smallest absolute Gasteiger partial charge is 0.270 e. The number of nitrogens with one attached hydrogen (secondary N) is 1. The highest BCUT2D eigenvalue weighted by Crippen LogP contribution is 2.56. The van der Waals surface area contributed by atoms with Crippen LogP contribution in [0.1, 0.15) is 41.8 Å². The number of benzene rings is 2. The molecule has 4 atom stereocenters. The summed E-state index contributed by atoms with van der Waals surface area (Å²) in [7, 11) is 2.10. The minimum absolute atomic E-state index is 0.115. The van der Waals surface area contributed by atoms with E-state index in [0.29, 0.717) is 5.75 Å². The van der Waals surface area contributed by atoms with Crippen molar-refractivity contribution < 1.29 is 19.6 Å². The molecular formula is C24H28IN3O5. The Balaban J connectivity index is 1.70. The molecule has 0 aliphatic carbocycles. The van der Waals surface area contributed by atoms with Gasteiger partial charge in [0.05, 0.1) is 11.0 Å². The monoisotopic (exact) mass is 565 g/mol. The van der Waals surface area contributed by atoms with Crippen LogP contribution in [0.5, 0.6) is 11.5 Å². The van der Waals surface area contributed by atoms with Crippen molar-refractivity contribution in [3.8, 4) is 11.5 Å². The summed E-state index contributed by atoms with van der Waals surface area (Å²) in [5, 5.41) is 24.8. The number of amides is 1. The Hall–Kier alpha value is -2.40. The van der Waals surface area contributed by atoms with Gasteiger partial charge < -0.3 is 20.1 Å². The lowest BCUT2D eigenvalue weighted by molar-refractivity contribution is -0.384. The average Bonchev–Trinajstić information content (AvgIpc) is 3.14. The van der Waals surface area contributed by atoms with Crippen LogP contribution in [0.4, 0.5) is 5.69 Å². The summed E-state index contributed by atoms with van der Waals surface area (Å²) in [5.74, 6) is 0.466. The number of alkyl halides is 1. The highest BCUT2D eigenvalue weighted by Gasteiger charge is 2.57. The van der Waals surface area contributed by atoms with Crippen molar-refractivity contribution in [3.63, 3.8) is 0 Å². The summed E-state index contributed by atoms with van der Waals surface area (Å²) in [4.78, 5) is 25.9. The fourth-order valence-electron chi connectivity index (χ4n) is 5.54. The molecule has 2 aromatic carbocycles. The number of fused-ring (bicyclic) bond motifs is 2. The first-order valence-corrected chi connectivity index (χ1v) is 12.5. The number of hydrogen-bond acceptors (Lipinski definition) is 6. The van der Waals surface area contributed by atoms with Crippen LogP contribution in [0.15, 0.2) is 36.4 Å². The van der Waals surface area contributed by atoms with Crippen molar-refractivity contribution in [3.05, 3.63) is 63.2 Å². The van der Waals surface area contributed by atoms with Gasteiger partial charge in [0.15, 0.2) is 11.5 Å². The van der Waals surface area contributed by atoms with Gasteiger partial charge in [0.25, 0.3) is 11.6 Å². The molecule has 4 rings (SSSR count). The summed E-state index contributed by atoms with van der Waals surface area (Å²) in [6.07, 6.45) is 0.459. The maximum absolute atomic E-state index is 13.0. The van der Waals surface area contributed by atoms with Crippen molar-refractivity contribution in [2.45, 2.75) is 42.3 Å². The normalized spacial score (nSPS) is 25.3. The number of carbonyl (C=O) groups excluding carboxylic acids is 1. The van der Waals surface area contributed by atoms with Crippen LogP contribution in [0, 0.1) is 16.0 Å². The Bertz CT molecular complexity index is 1090. The SMILES string of the molecule is CC(NC(=O)c1cccc([N+](=O)[O-])c1)C1Oc2c(O)ccc(CI)c2C12CCN(C)CC2C. The van der Waals surface area contributed by atoms with Crippen molar-refractivity contribution in [2.24, 2.45) is 5.92 Å². The molecule has 2 heterocycles. The van der Waals surface area contributed by atoms with E-state index in [1.807, 2.05) is 13.0 Å². The first-order chi connectivity index (χ1) is 15.7. The molecular weight excluding hydrogens is 537 g/mol. The fraction of sp³-hybridized carbons (Fsp3) is 0.458. The number of nitro benzene ring substituents is 1. The van der Waals surface area contributed by atoms with Crippen LogP contribution in [0.25, 0.3) is 0 Å². The standard InChI is InChI=1S/C24H28IN3O5/c1-14-13-27(3)10-9-24(14)20-17(12-25)7-8-19(29)21(20)33-22(24)15(2)26-23(30)16-5-4-6-18(11-16)28(31)32/h4-8,11,14-15,22,29H,9-10,12-13H2,1-3H3,(H,26,30). The number of halogens is 1. The number of carbonyl (C=O) groups is 1. The van der Waals surface area contributed by atoms with Crippen LogP contribution in [-0.4, -0.2) is 53.1 Å². The summed E-state index contributed by atoms with van der Waals surface area (Å²) >= 11 is 2.34. The number of piperidine rings is 1. The molecule has 33 heavy (non-hydrogen) atoms. The maximum Gasteiger partial charge on any atom is 0.270 e. The summed E-state index contributed by atoms with van der Waals surface area (Å²) < 4.78 is 7.23. The third-order valence-corrected chi connectivity index (χ3v) is 7.91. The molecule has 9 heteroatoms. The zero-order valence-corrected chi connectivity index (χ0v) is 21.0. The van der Waals surface area contributed by atoms with E-state index in [1.54, 1.807) is 12.1 Å². The predicted octanol–water partition coefficient (Wildman–Crippen LogP) is 4.02. The number of likely N-dealkylation sites (tertiary alicyclic amines) is 1. The van der Waals surface area contributed by atoms with Crippen molar-refractivity contribution in [2.75, 3.05) is 20.1 Å². The molecule has 2 aliphatic heterocycles. The number of hydrogen-bond donors (Lipinski definition) is 2. The van der Waals surface area contributed by atoms with Crippen LogP contribution < -0.4 is 10.1 Å². The Labute approximate surface area is 206 Å². The van der Waals surface area contributed by atoms with E-state index in [0.717, 1.165) is 35.1 Å². The van der Waals surface area contributed by atoms with E-state index >= 15 is 0 Å². The lowest BCUT2D eigenvalue weighted by Crippen LogP contribution is -2.59. The Morgan fingerprint density at radius 3 is 2.85 bits per heavy atom. The van der Waals surface area contributed by atoms with Gasteiger partial charge >= 0.3 is 0 Å². The Kier molecular flexibility index (Phi) is 6.54. The highest BCUT2D eigenvalue weighted by atomic mass is 127. The molecule has 2 N–H and O–H groups in total. The lowest BCUT2D eigenvalue weighted by atomic mass is 9.62. The van der Waals surface area contributed by atoms with Crippen molar-refractivity contribution in [1.82, 2.24) is 10.2 Å². The fourth-order valence-corrected chi connectivity index (χ4v) is 6.18. The topological polar surface area (TPSA) is 105 Å². The van der Waals surface area contributed by atoms with Gasteiger partial charge in [-0.05, 0) is 50.6 Å². The van der Waals surface area contributed by atoms with E-state index in [-0.39, 0.29) is 40.3 Å². The Morgan fingerprint density at radius 1 is 1.42 bits per heavy atom. The Morgan fingerprint density at radius 2 is 2.18 bits per heavy atom. The molecule has 2 aromatic rings. The lowest BCUT2D eigenvalue weighted by Gasteiger charge is -2.48. The zero-order valence-electron chi connectivity index (χ0n) is 18.9. The quantitative estimate of drug-likeness (QED) is 0.246. The second-order valence-electron chi connectivity index (χ2n) is 9.14. The third kappa shape index (κ3) is 4.05. The molecule has 1 spiro atoms. The maximum atomic E-state index is 13.0. The van der Waals surface area contributed by atoms with E-state index < -0.39 is 11.0 Å². The predicted molar refractivity (Wildman–Crippen MR) is 133 cm³/mol. The minimum atomic E-state index is -0.513. The number of phenolic OH excluding ortho intramolecular Hbond substituents is 1. The molecule has 8 nitrogen and oxygen atoms in total. The van der Waals surface area contributed by atoms with Crippen molar-refractivity contribution in [1.29, 1.82) is 0 Å². The molecule has 0 bridgehead atoms. The minimum Gasteiger partial charge on any atom is -0.504 e. The average molecular weight is 565 g/mol. The molecule has 4 unspecified atom stereocenters. The molecule has 0 radical (unpaired) electrons. The van der Waals surface area contributed by atoms with Gasteiger partial charge in [-0.25, -0.2) is 0 Å². The second kappa shape index (κ2) is 9.09. The first-order valence-electron chi connectivity index (χ1n) is 11.0. The molecule has 176 valence electrons. The highest BCUT2D eigenvalue weighted by molar-refractivity contribution is 14.1. The first kappa shape index (κ1) is 23.7. The van der Waals surface area contributed by atoms with Crippen LogP contribution in [0.2, 0.25) is 0 Å². The summed E-state index contributed by atoms with van der Waals surface area (Å²) in [6.45, 7) is 5.86. The zero-order chi connectivity index (χ0) is 23.9. The number of nitro groups is 1. The number of rotatable bonds is 5. The molecule has 1 fully saturated rings. The van der Waals surface area contributed by atoms with Gasteiger partial charge in [-0.2, -0.15) is 0 Å². The third-order valence-electron chi connectivity index (χ3n) is 7.09. The largest absolute Gasteiger partial charge is 0.504 e. The van der Waals surface area contributed by atoms with Gasteiger partial charge in [-0.3, -0.25) is 14.9 Å². The number of ether oxygens (including phenoxy) is 1. The van der Waals surface area contributed by atoms with E-state index in [9.17, 15) is 20.0 Å². The molecule has 1 amide bonds. The van der Waals surface area contributed by atoms with Gasteiger partial charge in [0.2, 0.25) is 0 Å². The number of non-ortho nitro benzene ring substituents is 1. The van der Waals surface area contributed by atoms with Crippen LogP contribution >= 0.6 is 22.6 Å². The second-order valence-corrected chi connectivity index (χ2v) is 9.91. The number of phenols is 1. The van der Waals surface area contributed by atoms with Gasteiger partial charge in [0, 0.05) is 39.6 Å². The molecule has 2 aliphatic rings.